The first kappa shape index (κ1) is 19.5. The Morgan fingerprint density at radius 1 is 1.21 bits per heavy atom. The van der Waals surface area contributed by atoms with Crippen molar-refractivity contribution >= 4 is 17.8 Å². The van der Waals surface area contributed by atoms with Crippen LogP contribution < -0.4 is 5.32 Å². The van der Waals surface area contributed by atoms with Gasteiger partial charge in [0.1, 0.15) is 0 Å². The maximum atomic E-state index is 12.8. The molecular weight excluding hydrogens is 358 g/mol. The van der Waals surface area contributed by atoms with Crippen LogP contribution in [0.3, 0.4) is 0 Å². The summed E-state index contributed by atoms with van der Waals surface area (Å²) < 4.78 is 0. The molecule has 0 spiro atoms. The lowest BCUT2D eigenvalue weighted by Gasteiger charge is -2.18. The number of fused-ring (bicyclic) bond motifs is 1. The Morgan fingerprint density at radius 3 is 2.68 bits per heavy atom. The fraction of sp³-hybridized carbons (Fsp3) is 0.333. The molecular formula is C21H23N3O4. The first-order valence-corrected chi connectivity index (χ1v) is 9.19. The number of nitrogens with one attached hydrogen (secondary N) is 1. The molecule has 1 aromatic carbocycles. The van der Waals surface area contributed by atoms with E-state index < -0.39 is 11.9 Å². The molecule has 0 saturated carbocycles. The largest absolute Gasteiger partial charge is 0.481 e. The number of amides is 2. The average Bonchev–Trinajstić information content (AvgIpc) is 2.84. The SMILES string of the molecule is CN(CCc1ccncc1)C(=O)c1ccc2c(c1)C[C@H](CC(=O)O)C(=O)NC2. The Labute approximate surface area is 163 Å². The van der Waals surface area contributed by atoms with E-state index in [9.17, 15) is 14.4 Å². The predicted molar refractivity (Wildman–Crippen MR) is 103 cm³/mol. The molecule has 7 heteroatoms. The Morgan fingerprint density at radius 2 is 1.96 bits per heavy atom. The highest BCUT2D eigenvalue weighted by atomic mass is 16.4. The minimum absolute atomic E-state index is 0.102. The van der Waals surface area contributed by atoms with Crippen molar-refractivity contribution in [3.05, 3.63) is 65.0 Å². The first-order chi connectivity index (χ1) is 13.4. The zero-order chi connectivity index (χ0) is 20.1. The van der Waals surface area contributed by atoms with Gasteiger partial charge < -0.3 is 15.3 Å². The molecule has 2 heterocycles. The van der Waals surface area contributed by atoms with E-state index in [1.54, 1.807) is 36.5 Å². The summed E-state index contributed by atoms with van der Waals surface area (Å²) >= 11 is 0. The van der Waals surface area contributed by atoms with Crippen molar-refractivity contribution in [2.45, 2.75) is 25.8 Å². The van der Waals surface area contributed by atoms with E-state index in [2.05, 4.69) is 10.3 Å². The summed E-state index contributed by atoms with van der Waals surface area (Å²) in [6, 6.07) is 9.23. The third-order valence-corrected chi connectivity index (χ3v) is 5.00. The van der Waals surface area contributed by atoms with E-state index in [0.29, 0.717) is 25.1 Å². The monoisotopic (exact) mass is 381 g/mol. The summed E-state index contributed by atoms with van der Waals surface area (Å²) in [5.41, 5.74) is 3.41. The summed E-state index contributed by atoms with van der Waals surface area (Å²) in [7, 11) is 1.76. The Bertz CT molecular complexity index is 882. The van der Waals surface area contributed by atoms with Gasteiger partial charge >= 0.3 is 5.97 Å². The number of carbonyl (C=O) groups excluding carboxylic acids is 2. The molecule has 7 nitrogen and oxygen atoms in total. The highest BCUT2D eigenvalue weighted by Gasteiger charge is 2.26. The van der Waals surface area contributed by atoms with Crippen molar-refractivity contribution in [2.75, 3.05) is 13.6 Å². The maximum Gasteiger partial charge on any atom is 0.304 e. The number of nitrogens with zero attached hydrogens (tertiary/aromatic N) is 2. The van der Waals surface area contributed by atoms with Crippen LogP contribution >= 0.6 is 0 Å². The van der Waals surface area contributed by atoms with E-state index in [-0.39, 0.29) is 18.2 Å². The van der Waals surface area contributed by atoms with E-state index in [1.165, 1.54) is 0 Å². The summed E-state index contributed by atoms with van der Waals surface area (Å²) in [6.07, 6.45) is 4.28. The molecule has 0 radical (unpaired) electrons. The number of likely N-dealkylation sites (N-methyl/N-ethyl adjacent to an activating group) is 1. The summed E-state index contributed by atoms with van der Waals surface area (Å²) in [5.74, 6) is -2.00. The summed E-state index contributed by atoms with van der Waals surface area (Å²) in [5, 5.41) is 11.8. The van der Waals surface area contributed by atoms with Gasteiger partial charge in [-0.05, 0) is 53.8 Å². The number of rotatable bonds is 6. The van der Waals surface area contributed by atoms with Crippen LogP contribution in [0.25, 0.3) is 0 Å². The Hall–Kier alpha value is -3.22. The molecule has 1 aliphatic heterocycles. The third-order valence-electron chi connectivity index (χ3n) is 5.00. The lowest BCUT2D eigenvalue weighted by atomic mass is 9.93. The van der Waals surface area contributed by atoms with Crippen LogP contribution in [0.4, 0.5) is 0 Å². The Kier molecular flexibility index (Phi) is 6.03. The van der Waals surface area contributed by atoms with Gasteiger partial charge in [0.25, 0.3) is 5.91 Å². The molecule has 0 saturated heterocycles. The molecule has 146 valence electrons. The number of aromatic nitrogens is 1. The molecule has 1 atom stereocenters. The number of aliphatic carboxylic acids is 1. The lowest BCUT2D eigenvalue weighted by molar-refractivity contribution is -0.141. The molecule has 0 aliphatic carbocycles. The van der Waals surface area contributed by atoms with Gasteiger partial charge in [0.15, 0.2) is 0 Å². The number of carboxylic acids is 1. The van der Waals surface area contributed by atoms with Gasteiger partial charge in [-0.15, -0.1) is 0 Å². The topological polar surface area (TPSA) is 99.6 Å². The van der Waals surface area contributed by atoms with Crippen molar-refractivity contribution in [1.82, 2.24) is 15.2 Å². The summed E-state index contributed by atoms with van der Waals surface area (Å²) in [6.45, 7) is 0.915. The minimum atomic E-state index is -1.01. The van der Waals surface area contributed by atoms with Gasteiger partial charge in [0, 0.05) is 38.1 Å². The summed E-state index contributed by atoms with van der Waals surface area (Å²) in [4.78, 5) is 41.6. The van der Waals surface area contributed by atoms with Crippen LogP contribution in [-0.2, 0) is 29.0 Å². The fourth-order valence-electron chi connectivity index (χ4n) is 3.35. The van der Waals surface area contributed by atoms with Crippen LogP contribution in [-0.4, -0.2) is 46.4 Å². The van der Waals surface area contributed by atoms with E-state index >= 15 is 0 Å². The predicted octanol–water partition coefficient (Wildman–Crippen LogP) is 1.66. The molecule has 0 unspecified atom stereocenters. The van der Waals surface area contributed by atoms with Crippen molar-refractivity contribution in [3.8, 4) is 0 Å². The molecule has 2 amide bonds. The second kappa shape index (κ2) is 8.65. The molecule has 2 N–H and O–H groups in total. The fourth-order valence-corrected chi connectivity index (χ4v) is 3.35. The maximum absolute atomic E-state index is 12.8. The van der Waals surface area contributed by atoms with Gasteiger partial charge in [0.2, 0.25) is 5.91 Å². The number of carboxylic acid groups (broad SMARTS) is 1. The number of hydrogen-bond donors (Lipinski definition) is 2. The minimum Gasteiger partial charge on any atom is -0.481 e. The molecule has 1 aromatic heterocycles. The van der Waals surface area contributed by atoms with Crippen molar-refractivity contribution in [3.63, 3.8) is 0 Å². The highest BCUT2D eigenvalue weighted by Crippen LogP contribution is 2.22. The molecule has 0 bridgehead atoms. The molecule has 0 fully saturated rings. The lowest BCUT2D eigenvalue weighted by Crippen LogP contribution is -2.30. The van der Waals surface area contributed by atoms with Crippen LogP contribution in [0.1, 0.15) is 33.5 Å². The van der Waals surface area contributed by atoms with E-state index in [1.807, 2.05) is 18.2 Å². The van der Waals surface area contributed by atoms with Gasteiger partial charge in [-0.3, -0.25) is 19.4 Å². The van der Waals surface area contributed by atoms with E-state index in [4.69, 9.17) is 5.11 Å². The Balaban J connectivity index is 1.72. The van der Waals surface area contributed by atoms with Gasteiger partial charge in [-0.25, -0.2) is 0 Å². The second-order valence-corrected chi connectivity index (χ2v) is 7.03. The van der Waals surface area contributed by atoms with Gasteiger partial charge in [-0.2, -0.15) is 0 Å². The number of benzene rings is 1. The van der Waals surface area contributed by atoms with Crippen molar-refractivity contribution < 1.29 is 19.5 Å². The van der Waals surface area contributed by atoms with E-state index in [0.717, 1.165) is 23.1 Å². The molecule has 28 heavy (non-hydrogen) atoms. The number of pyridine rings is 1. The smallest absolute Gasteiger partial charge is 0.304 e. The average molecular weight is 381 g/mol. The first-order valence-electron chi connectivity index (χ1n) is 9.19. The van der Waals surface area contributed by atoms with Crippen LogP contribution in [0.2, 0.25) is 0 Å². The zero-order valence-corrected chi connectivity index (χ0v) is 15.7. The quantitative estimate of drug-likeness (QED) is 0.793. The second-order valence-electron chi connectivity index (χ2n) is 7.03. The number of hydrogen-bond acceptors (Lipinski definition) is 4. The highest BCUT2D eigenvalue weighted by molar-refractivity contribution is 5.94. The molecule has 2 aromatic rings. The molecule has 1 aliphatic rings. The van der Waals surface area contributed by atoms with Crippen molar-refractivity contribution in [1.29, 1.82) is 0 Å². The molecule has 3 rings (SSSR count). The standard InChI is InChI=1S/C21H23N3O4/c1-24(9-6-14-4-7-22-8-5-14)21(28)15-2-3-16-13-23-20(27)18(12-19(25)26)11-17(16)10-15/h2-5,7-8,10,18H,6,9,11-13H2,1H3,(H,23,27)(H,25,26)/t18-/m1/s1. The zero-order valence-electron chi connectivity index (χ0n) is 15.7. The van der Waals surface area contributed by atoms with Crippen LogP contribution in [0.15, 0.2) is 42.7 Å². The normalized spacial score (nSPS) is 15.9. The van der Waals surface area contributed by atoms with Gasteiger partial charge in [-0.1, -0.05) is 6.07 Å². The van der Waals surface area contributed by atoms with Gasteiger partial charge in [0.05, 0.1) is 12.3 Å². The third kappa shape index (κ3) is 4.73. The van der Waals surface area contributed by atoms with Crippen LogP contribution in [0, 0.1) is 5.92 Å². The van der Waals surface area contributed by atoms with Crippen LogP contribution in [0.5, 0.6) is 0 Å². The number of carbonyl (C=O) groups is 3. The van der Waals surface area contributed by atoms with Crippen molar-refractivity contribution in [2.24, 2.45) is 5.92 Å².